The maximum Gasteiger partial charge on any atom is 0.262 e. The summed E-state index contributed by atoms with van der Waals surface area (Å²) in [6.07, 6.45) is 10.0. The van der Waals surface area contributed by atoms with Gasteiger partial charge in [0.05, 0.1) is 6.61 Å². The van der Waals surface area contributed by atoms with Crippen LogP contribution in [0, 0.1) is 24.7 Å². The number of hydrogen-bond acceptors (Lipinski definition) is 2. The highest BCUT2D eigenvalue weighted by atomic mass is 28.4. The number of aliphatic hydroxyl groups excluding tert-OH is 1. The fraction of sp³-hybridized carbons (Fsp3) is 0.273. The van der Waals surface area contributed by atoms with E-state index >= 15 is 0 Å². The summed E-state index contributed by atoms with van der Waals surface area (Å²) in [5, 5.41) is 10.2. The van der Waals surface area contributed by atoms with E-state index in [4.69, 9.17) is 16.0 Å². The fourth-order valence-corrected chi connectivity index (χ4v) is 7.37. The van der Waals surface area contributed by atoms with Gasteiger partial charge in [-0.25, -0.2) is 0 Å². The molecule has 0 saturated carbocycles. The second-order valence-electron chi connectivity index (χ2n) is 6.52. The van der Waals surface area contributed by atoms with Crippen molar-refractivity contribution >= 4 is 18.7 Å². The van der Waals surface area contributed by atoms with Crippen molar-refractivity contribution in [3.63, 3.8) is 0 Å². The zero-order chi connectivity index (χ0) is 18.8. The topological polar surface area (TPSA) is 29.5 Å². The summed E-state index contributed by atoms with van der Waals surface area (Å²) in [5.74, 6) is 4.63. The summed E-state index contributed by atoms with van der Waals surface area (Å²) >= 11 is 0. The van der Waals surface area contributed by atoms with Crippen LogP contribution in [0.3, 0.4) is 0 Å². The van der Waals surface area contributed by atoms with E-state index in [0.29, 0.717) is 6.61 Å². The maximum absolute atomic E-state index is 7.64. The monoisotopic (exact) mass is 350 g/mol. The molecule has 0 heterocycles. The van der Waals surface area contributed by atoms with E-state index in [-0.39, 0.29) is 11.6 Å². The van der Waals surface area contributed by atoms with Crippen LogP contribution in [0.2, 0.25) is 5.04 Å². The molecule has 1 N–H and O–H groups in total. The molecule has 3 heteroatoms. The minimum atomic E-state index is -2.41. The van der Waals surface area contributed by atoms with Crippen LogP contribution >= 0.6 is 0 Å². The van der Waals surface area contributed by atoms with Crippen LogP contribution < -0.4 is 10.4 Å². The molecule has 0 spiro atoms. The van der Waals surface area contributed by atoms with Crippen molar-refractivity contribution in [1.82, 2.24) is 0 Å². The standard InChI is InChI=1S/C19H22OSi.C3H4O/c1-5-16-20-21(19(2,3)4,17-12-8-6-9-13-17)18-14-10-7-11-15-18;1-2-3-4/h1,6-15H,16H2,2-4H3;1,4H,3H2. The van der Waals surface area contributed by atoms with Crippen molar-refractivity contribution in [2.45, 2.75) is 25.8 Å². The molecule has 2 aromatic rings. The van der Waals surface area contributed by atoms with E-state index in [1.165, 1.54) is 10.4 Å². The molecule has 2 nitrogen and oxygen atoms in total. The molecular formula is C22H26O2Si. The first-order chi connectivity index (χ1) is 11.9. The van der Waals surface area contributed by atoms with Crippen molar-refractivity contribution in [3.05, 3.63) is 60.7 Å². The summed E-state index contributed by atoms with van der Waals surface area (Å²) < 4.78 is 6.42. The predicted molar refractivity (Wildman–Crippen MR) is 108 cm³/mol. The first-order valence-corrected chi connectivity index (χ1v) is 10.1. The molecular weight excluding hydrogens is 324 g/mol. The van der Waals surface area contributed by atoms with Crippen LogP contribution in [-0.4, -0.2) is 26.6 Å². The average Bonchev–Trinajstić information content (AvgIpc) is 2.63. The van der Waals surface area contributed by atoms with Crippen LogP contribution in [-0.2, 0) is 4.43 Å². The third-order valence-electron chi connectivity index (χ3n) is 3.88. The van der Waals surface area contributed by atoms with Crippen molar-refractivity contribution in [2.24, 2.45) is 0 Å². The quantitative estimate of drug-likeness (QED) is 0.679. The molecule has 0 atom stereocenters. The molecule has 0 aliphatic carbocycles. The average molecular weight is 351 g/mol. The molecule has 0 radical (unpaired) electrons. The fourth-order valence-electron chi connectivity index (χ4n) is 2.91. The minimum Gasteiger partial charge on any atom is -0.396 e. The van der Waals surface area contributed by atoms with Gasteiger partial charge in [0.25, 0.3) is 8.32 Å². The molecule has 0 amide bonds. The molecule has 0 saturated heterocycles. The Kier molecular flexibility index (Phi) is 8.18. The Morgan fingerprint density at radius 2 is 1.28 bits per heavy atom. The number of aliphatic hydroxyl groups is 1. The number of terminal acetylenes is 2. The Balaban J connectivity index is 0.000000705. The lowest BCUT2D eigenvalue weighted by Crippen LogP contribution is -2.66. The first-order valence-electron chi connectivity index (χ1n) is 8.16. The second kappa shape index (κ2) is 9.86. The van der Waals surface area contributed by atoms with Crippen LogP contribution in [0.15, 0.2) is 60.7 Å². The molecule has 0 aromatic heterocycles. The molecule has 2 aromatic carbocycles. The molecule has 130 valence electrons. The predicted octanol–water partition coefficient (Wildman–Crippen LogP) is 2.81. The highest BCUT2D eigenvalue weighted by molar-refractivity contribution is 6.99. The van der Waals surface area contributed by atoms with Gasteiger partial charge in [0, 0.05) is 0 Å². The normalized spacial score (nSPS) is 10.8. The van der Waals surface area contributed by atoms with Gasteiger partial charge in [0.1, 0.15) is 6.61 Å². The summed E-state index contributed by atoms with van der Waals surface area (Å²) in [7, 11) is -2.41. The maximum atomic E-state index is 7.64. The van der Waals surface area contributed by atoms with E-state index in [2.05, 4.69) is 81.6 Å². The van der Waals surface area contributed by atoms with Crippen molar-refractivity contribution in [2.75, 3.05) is 13.2 Å². The van der Waals surface area contributed by atoms with Gasteiger partial charge in [0.2, 0.25) is 0 Å². The van der Waals surface area contributed by atoms with Crippen LogP contribution in [0.4, 0.5) is 0 Å². The van der Waals surface area contributed by atoms with Crippen molar-refractivity contribution in [3.8, 4) is 24.7 Å². The molecule has 0 bridgehead atoms. The van der Waals surface area contributed by atoms with Crippen LogP contribution in [0.1, 0.15) is 20.8 Å². The highest BCUT2D eigenvalue weighted by Crippen LogP contribution is 2.36. The van der Waals surface area contributed by atoms with Gasteiger partial charge in [-0.05, 0) is 15.4 Å². The third-order valence-corrected chi connectivity index (χ3v) is 8.86. The van der Waals surface area contributed by atoms with Gasteiger partial charge < -0.3 is 9.53 Å². The third kappa shape index (κ3) is 5.08. The lowest BCUT2D eigenvalue weighted by molar-refractivity contribution is 0.346. The lowest BCUT2D eigenvalue weighted by atomic mass is 10.2. The summed E-state index contributed by atoms with van der Waals surface area (Å²) in [6.45, 7) is 6.93. The van der Waals surface area contributed by atoms with Crippen LogP contribution in [0.25, 0.3) is 0 Å². The van der Waals surface area contributed by atoms with Gasteiger partial charge in [-0.2, -0.15) is 0 Å². The van der Waals surface area contributed by atoms with E-state index in [1.807, 2.05) is 18.1 Å². The number of rotatable bonds is 4. The van der Waals surface area contributed by atoms with E-state index in [9.17, 15) is 0 Å². The number of benzene rings is 2. The second-order valence-corrected chi connectivity index (χ2v) is 10.8. The summed E-state index contributed by atoms with van der Waals surface area (Å²) in [6, 6.07) is 21.0. The van der Waals surface area contributed by atoms with Gasteiger partial charge in [-0.15, -0.1) is 12.8 Å². The summed E-state index contributed by atoms with van der Waals surface area (Å²) in [4.78, 5) is 0. The van der Waals surface area contributed by atoms with E-state index in [0.717, 1.165) is 0 Å². The molecule has 2 rings (SSSR count). The van der Waals surface area contributed by atoms with Gasteiger partial charge in [-0.3, -0.25) is 0 Å². The van der Waals surface area contributed by atoms with E-state index in [1.54, 1.807) is 0 Å². The largest absolute Gasteiger partial charge is 0.396 e. The minimum absolute atomic E-state index is 0.00738. The van der Waals surface area contributed by atoms with E-state index < -0.39 is 8.32 Å². The first kappa shape index (κ1) is 20.7. The van der Waals surface area contributed by atoms with Gasteiger partial charge >= 0.3 is 0 Å². The Morgan fingerprint density at radius 3 is 1.56 bits per heavy atom. The lowest BCUT2D eigenvalue weighted by Gasteiger charge is -2.42. The highest BCUT2D eigenvalue weighted by Gasteiger charge is 2.49. The van der Waals surface area contributed by atoms with Gasteiger partial charge in [-0.1, -0.05) is 93.3 Å². The Labute approximate surface area is 153 Å². The molecule has 25 heavy (non-hydrogen) atoms. The zero-order valence-electron chi connectivity index (χ0n) is 15.2. The molecule has 0 unspecified atom stereocenters. The van der Waals surface area contributed by atoms with Crippen molar-refractivity contribution < 1.29 is 9.53 Å². The molecule has 0 aliphatic rings. The van der Waals surface area contributed by atoms with Crippen LogP contribution in [0.5, 0.6) is 0 Å². The summed E-state index contributed by atoms with van der Waals surface area (Å²) in [5.41, 5.74) is 0. The Hall–Kier alpha value is -2.30. The Morgan fingerprint density at radius 1 is 0.880 bits per heavy atom. The van der Waals surface area contributed by atoms with Crippen molar-refractivity contribution in [1.29, 1.82) is 0 Å². The smallest absolute Gasteiger partial charge is 0.262 e. The van der Waals surface area contributed by atoms with Gasteiger partial charge in [0.15, 0.2) is 0 Å². The molecule has 0 aliphatic heterocycles. The zero-order valence-corrected chi connectivity index (χ0v) is 16.2. The number of hydrogen-bond donors (Lipinski definition) is 1. The SMILES string of the molecule is C#CCO.C#CCO[Si](c1ccccc1)(c1ccccc1)C(C)(C)C. The molecule has 0 fully saturated rings. The Bertz CT molecular complexity index is 664.